The van der Waals surface area contributed by atoms with Gasteiger partial charge in [-0.25, -0.2) is 0 Å². The molecule has 0 bridgehead atoms. The summed E-state index contributed by atoms with van der Waals surface area (Å²) in [7, 11) is 0. The molecule has 1 aliphatic carbocycles. The molecule has 0 spiro atoms. The first-order valence-corrected chi connectivity index (χ1v) is 9.85. The predicted octanol–water partition coefficient (Wildman–Crippen LogP) is 5.94. The fraction of sp³-hybridized carbons (Fsp3) is 0.636. The summed E-state index contributed by atoms with van der Waals surface area (Å²) in [6, 6.07) is 4.40. The van der Waals surface area contributed by atoms with Crippen LogP contribution in [-0.4, -0.2) is 13.2 Å². The van der Waals surface area contributed by atoms with Crippen molar-refractivity contribution in [2.75, 3.05) is 13.2 Å². The van der Waals surface area contributed by atoms with Gasteiger partial charge >= 0.3 is 0 Å². The molecule has 0 aromatic heterocycles. The van der Waals surface area contributed by atoms with Crippen molar-refractivity contribution in [2.24, 2.45) is 11.8 Å². The summed E-state index contributed by atoms with van der Waals surface area (Å²) in [4.78, 5) is 0. The van der Waals surface area contributed by atoms with Gasteiger partial charge in [0.25, 0.3) is 0 Å². The van der Waals surface area contributed by atoms with E-state index in [1.54, 1.807) is 5.56 Å². The Morgan fingerprint density at radius 1 is 0.958 bits per heavy atom. The summed E-state index contributed by atoms with van der Waals surface area (Å²) >= 11 is 5.56. The molecule has 1 heterocycles. The average molecular weight is 345 g/mol. The van der Waals surface area contributed by atoms with Crippen molar-refractivity contribution >= 4 is 11.6 Å². The minimum absolute atomic E-state index is 0.731. The molecule has 2 fully saturated rings. The minimum Gasteiger partial charge on any atom is -0.381 e. The summed E-state index contributed by atoms with van der Waals surface area (Å²) in [5.41, 5.74) is 5.38. The second-order valence-corrected chi connectivity index (χ2v) is 7.94. The Morgan fingerprint density at radius 3 is 2.12 bits per heavy atom. The van der Waals surface area contributed by atoms with Gasteiger partial charge in [-0.15, -0.1) is 0 Å². The highest BCUT2D eigenvalue weighted by molar-refractivity contribution is 6.30. The zero-order valence-electron chi connectivity index (χ0n) is 15.0. The Bertz CT molecular complexity index is 588. The van der Waals surface area contributed by atoms with Crippen molar-refractivity contribution in [3.8, 4) is 11.3 Å². The van der Waals surface area contributed by atoms with Gasteiger partial charge in [0.1, 0.15) is 0 Å². The third kappa shape index (κ3) is 4.35. The van der Waals surface area contributed by atoms with E-state index in [4.69, 9.17) is 16.3 Å². The molecule has 1 saturated carbocycles. The summed E-state index contributed by atoms with van der Waals surface area (Å²) in [6.45, 7) is 6.43. The molecular weight excluding hydrogens is 316 g/mol. The molecule has 0 N–H and O–H groups in total. The smallest absolute Gasteiger partial charge is 0.0468 e. The molecule has 2 heteroatoms. The lowest BCUT2D eigenvalue weighted by atomic mass is 9.73. The summed E-state index contributed by atoms with van der Waals surface area (Å²) in [5.74, 6) is 5.56. The Labute approximate surface area is 152 Å². The maximum absolute atomic E-state index is 5.56. The van der Waals surface area contributed by atoms with Gasteiger partial charge in [0, 0.05) is 24.2 Å². The zero-order chi connectivity index (χ0) is 16.9. The van der Waals surface area contributed by atoms with E-state index >= 15 is 0 Å². The molecule has 130 valence electrons. The number of halogens is 1. The lowest BCUT2D eigenvalue weighted by Crippen LogP contribution is -2.21. The maximum atomic E-state index is 5.56. The standard InChI is InChI=1S/C22H29ClO/c1-16-13-20(7-10-23)14-17(2)22(16)21-5-3-18(4-6-21)15-19-8-11-24-12-9-19/h13-14,18-19,21H,3-6,8-9,11-12,15H2,1-2H3. The molecule has 0 unspecified atom stereocenters. The van der Waals surface area contributed by atoms with Crippen molar-refractivity contribution < 1.29 is 4.74 Å². The van der Waals surface area contributed by atoms with Crippen molar-refractivity contribution in [2.45, 2.75) is 64.7 Å². The molecule has 1 aliphatic heterocycles. The summed E-state index contributed by atoms with van der Waals surface area (Å²) < 4.78 is 5.50. The van der Waals surface area contributed by atoms with Crippen molar-refractivity contribution in [3.63, 3.8) is 0 Å². The van der Waals surface area contributed by atoms with Gasteiger partial charge in [0.2, 0.25) is 0 Å². The van der Waals surface area contributed by atoms with Crippen LogP contribution in [0.25, 0.3) is 0 Å². The largest absolute Gasteiger partial charge is 0.381 e. The van der Waals surface area contributed by atoms with Crippen molar-refractivity contribution in [1.29, 1.82) is 0 Å². The number of aryl methyl sites for hydroxylation is 2. The first-order chi connectivity index (χ1) is 11.7. The third-order valence-electron chi connectivity index (χ3n) is 6.05. The molecular formula is C22H29ClO. The van der Waals surface area contributed by atoms with Gasteiger partial charge in [-0.05, 0) is 123 Å². The zero-order valence-corrected chi connectivity index (χ0v) is 15.8. The molecule has 0 atom stereocenters. The van der Waals surface area contributed by atoms with Crippen molar-refractivity contribution in [3.05, 3.63) is 34.4 Å². The topological polar surface area (TPSA) is 9.23 Å². The van der Waals surface area contributed by atoms with Crippen LogP contribution in [0.4, 0.5) is 0 Å². The number of rotatable bonds is 3. The van der Waals surface area contributed by atoms with Crippen LogP contribution in [0.5, 0.6) is 0 Å². The first-order valence-electron chi connectivity index (χ1n) is 9.48. The molecule has 2 aliphatic rings. The molecule has 0 radical (unpaired) electrons. The molecule has 3 rings (SSSR count). The number of hydrogen-bond donors (Lipinski definition) is 0. The van der Waals surface area contributed by atoms with Crippen LogP contribution < -0.4 is 0 Å². The van der Waals surface area contributed by atoms with Gasteiger partial charge in [0.15, 0.2) is 0 Å². The lowest BCUT2D eigenvalue weighted by Gasteiger charge is -2.33. The number of hydrogen-bond acceptors (Lipinski definition) is 1. The number of benzene rings is 1. The van der Waals surface area contributed by atoms with Gasteiger partial charge in [-0.3, -0.25) is 0 Å². The molecule has 0 amide bonds. The van der Waals surface area contributed by atoms with E-state index in [0.717, 1.165) is 36.5 Å². The average Bonchev–Trinajstić information content (AvgIpc) is 2.57. The second-order valence-electron chi connectivity index (χ2n) is 7.75. The van der Waals surface area contributed by atoms with Gasteiger partial charge in [-0.1, -0.05) is 0 Å². The van der Waals surface area contributed by atoms with Gasteiger partial charge < -0.3 is 4.74 Å². The molecule has 1 saturated heterocycles. The highest BCUT2D eigenvalue weighted by Gasteiger charge is 2.27. The molecule has 1 aromatic carbocycles. The van der Waals surface area contributed by atoms with Crippen LogP contribution in [0.1, 0.15) is 73.1 Å². The van der Waals surface area contributed by atoms with E-state index in [1.165, 1.54) is 56.1 Å². The first kappa shape index (κ1) is 17.8. The van der Waals surface area contributed by atoms with Crippen LogP contribution in [0.3, 0.4) is 0 Å². The van der Waals surface area contributed by atoms with Crippen LogP contribution in [0.2, 0.25) is 0 Å². The fourth-order valence-electron chi connectivity index (χ4n) is 4.89. The van der Waals surface area contributed by atoms with E-state index in [1.807, 2.05) is 0 Å². The Morgan fingerprint density at radius 2 is 1.54 bits per heavy atom. The van der Waals surface area contributed by atoms with Gasteiger partial charge in [0.05, 0.1) is 0 Å². The van der Waals surface area contributed by atoms with Gasteiger partial charge in [-0.2, -0.15) is 0 Å². The summed E-state index contributed by atoms with van der Waals surface area (Å²) in [5, 5.41) is 2.50. The predicted molar refractivity (Wildman–Crippen MR) is 102 cm³/mol. The highest BCUT2D eigenvalue weighted by atomic mass is 35.5. The van der Waals surface area contributed by atoms with Crippen LogP contribution in [0, 0.1) is 37.0 Å². The highest BCUT2D eigenvalue weighted by Crippen LogP contribution is 2.41. The van der Waals surface area contributed by atoms with Crippen molar-refractivity contribution in [1.82, 2.24) is 0 Å². The Balaban J connectivity index is 1.60. The lowest BCUT2D eigenvalue weighted by molar-refractivity contribution is 0.0558. The molecule has 24 heavy (non-hydrogen) atoms. The van der Waals surface area contributed by atoms with E-state index in [0.29, 0.717) is 0 Å². The van der Waals surface area contributed by atoms with Crippen LogP contribution >= 0.6 is 11.6 Å². The van der Waals surface area contributed by atoms with E-state index < -0.39 is 0 Å². The quantitative estimate of drug-likeness (QED) is 0.616. The van der Waals surface area contributed by atoms with Crippen LogP contribution in [0.15, 0.2) is 12.1 Å². The summed E-state index contributed by atoms with van der Waals surface area (Å²) in [6.07, 6.45) is 9.46. The third-order valence-corrected chi connectivity index (χ3v) is 6.14. The van der Waals surface area contributed by atoms with E-state index in [9.17, 15) is 0 Å². The monoisotopic (exact) mass is 344 g/mol. The van der Waals surface area contributed by atoms with E-state index in [2.05, 4.69) is 37.3 Å². The van der Waals surface area contributed by atoms with E-state index in [-0.39, 0.29) is 0 Å². The SMILES string of the molecule is Cc1cc(C#CCl)cc(C)c1C1CCC(CC2CCOCC2)CC1. The van der Waals surface area contributed by atoms with Crippen LogP contribution in [-0.2, 0) is 4.74 Å². The number of ether oxygens (including phenoxy) is 1. The second kappa shape index (κ2) is 8.41. The minimum atomic E-state index is 0.731. The fourth-order valence-corrected chi connectivity index (χ4v) is 4.99. The Kier molecular flexibility index (Phi) is 6.25. The molecule has 1 aromatic rings. The Hall–Kier alpha value is -0.970. The normalized spacial score (nSPS) is 25.1. The maximum Gasteiger partial charge on any atom is 0.0468 e. The molecule has 1 nitrogen and oxygen atoms in total.